The number of carboxylic acids is 1. The lowest BCUT2D eigenvalue weighted by Gasteiger charge is -2.28. The Balaban J connectivity index is 2.17. The average molecular weight is 542 g/mol. The highest BCUT2D eigenvalue weighted by atomic mass is 28.4. The lowest BCUT2D eigenvalue weighted by Crippen LogP contribution is -2.46. The highest BCUT2D eigenvalue weighted by molar-refractivity contribution is 6.60. The number of nitrogens with one attached hydrogen (secondary N) is 1. The van der Waals surface area contributed by atoms with E-state index in [2.05, 4.69) is 5.32 Å². The molecule has 0 aromatic heterocycles. The van der Waals surface area contributed by atoms with Crippen LogP contribution in [0.4, 0.5) is 4.79 Å². The molecule has 0 spiro atoms. The van der Waals surface area contributed by atoms with Crippen LogP contribution in [0.5, 0.6) is 11.5 Å². The summed E-state index contributed by atoms with van der Waals surface area (Å²) in [6.45, 7) is 8.74. The number of hydrogen-bond donors (Lipinski definition) is 2. The lowest BCUT2D eigenvalue weighted by atomic mass is 10.1. The van der Waals surface area contributed by atoms with Crippen LogP contribution in [0.2, 0.25) is 6.04 Å². The van der Waals surface area contributed by atoms with Gasteiger partial charge in [-0.3, -0.25) is 0 Å². The molecule has 2 N–H and O–H groups in total. The Morgan fingerprint density at radius 2 is 1.59 bits per heavy atom. The second-order valence-corrected chi connectivity index (χ2v) is 10.7. The zero-order valence-corrected chi connectivity index (χ0v) is 23.6. The van der Waals surface area contributed by atoms with Crippen LogP contribution in [0.15, 0.2) is 24.3 Å². The van der Waals surface area contributed by atoms with Crippen molar-refractivity contribution >= 4 is 26.9 Å². The summed E-state index contributed by atoms with van der Waals surface area (Å²) in [7, 11) is -1.16. The van der Waals surface area contributed by atoms with Crippen LogP contribution in [-0.2, 0) is 22.8 Å². The molecule has 0 saturated heterocycles. The number of amides is 1. The Morgan fingerprint density at radius 3 is 2.19 bits per heavy atom. The van der Waals surface area contributed by atoms with Crippen molar-refractivity contribution in [2.45, 2.75) is 58.9 Å². The second kappa shape index (κ2) is 19.5. The first-order valence-corrected chi connectivity index (χ1v) is 14.9. The molecule has 0 bridgehead atoms. The van der Waals surface area contributed by atoms with E-state index in [0.717, 1.165) is 31.8 Å². The molecule has 0 unspecified atom stereocenters. The van der Waals surface area contributed by atoms with Crippen molar-refractivity contribution < 1.29 is 42.2 Å². The van der Waals surface area contributed by atoms with Crippen LogP contribution >= 0.6 is 0 Å². The van der Waals surface area contributed by atoms with Crippen molar-refractivity contribution in [3.05, 3.63) is 29.8 Å². The number of rotatable bonds is 21. The lowest BCUT2D eigenvalue weighted by molar-refractivity contribution is -0.131. The Kier molecular flexibility index (Phi) is 17.1. The van der Waals surface area contributed by atoms with Gasteiger partial charge in [0.25, 0.3) is 0 Å². The fourth-order valence-electron chi connectivity index (χ4n) is 3.54. The highest BCUT2D eigenvalue weighted by Crippen LogP contribution is 2.26. The normalized spacial score (nSPS) is 11.5. The third-order valence-electron chi connectivity index (χ3n) is 5.17. The van der Waals surface area contributed by atoms with E-state index < -0.39 is 20.9 Å². The third-order valence-corrected chi connectivity index (χ3v) is 8.32. The zero-order chi connectivity index (χ0) is 27.4. The Hall–Kier alpha value is -2.60. The van der Waals surface area contributed by atoms with E-state index in [0.29, 0.717) is 69.1 Å². The minimum absolute atomic E-state index is 0.366. The van der Waals surface area contributed by atoms with E-state index in [9.17, 15) is 9.59 Å². The summed E-state index contributed by atoms with van der Waals surface area (Å²) in [6, 6.07) is 5.92. The first-order valence-electron chi connectivity index (χ1n) is 12.9. The molecule has 37 heavy (non-hydrogen) atoms. The van der Waals surface area contributed by atoms with Crippen molar-refractivity contribution in [2.24, 2.45) is 0 Å². The minimum atomic E-state index is -2.68. The number of methoxy groups -OCH3 is 1. The Bertz CT molecular complexity index is 802. The van der Waals surface area contributed by atoms with Gasteiger partial charge in [0.05, 0.1) is 20.3 Å². The number of alkyl carbamates (subject to hydrolysis) is 1. The van der Waals surface area contributed by atoms with Crippen molar-refractivity contribution in [3.63, 3.8) is 0 Å². The van der Waals surface area contributed by atoms with Gasteiger partial charge in [-0.25, -0.2) is 9.59 Å². The van der Waals surface area contributed by atoms with Crippen molar-refractivity contribution in [2.75, 3.05) is 46.7 Å². The molecule has 0 saturated carbocycles. The van der Waals surface area contributed by atoms with Gasteiger partial charge < -0.3 is 37.9 Å². The summed E-state index contributed by atoms with van der Waals surface area (Å²) in [5.41, 5.74) is 0.665. The number of hydrogen-bond acceptors (Lipinski definition) is 8. The van der Waals surface area contributed by atoms with E-state index >= 15 is 0 Å². The summed E-state index contributed by atoms with van der Waals surface area (Å²) in [6.07, 6.45) is 6.32. The average Bonchev–Trinajstić information content (AvgIpc) is 2.87. The van der Waals surface area contributed by atoms with E-state index in [-0.39, 0.29) is 0 Å². The molecule has 0 aliphatic carbocycles. The standard InChI is InChI=1S/C26H43NO9Si/c1-5-34-37(35-6-2,36-7-3)20-12-17-27-26(30)33-19-11-9-8-10-18-32-23-15-13-22(14-16-25(28)29)24(21-23)31-4/h13-16,21H,5-12,17-20H2,1-4H3,(H,27,30)(H,28,29). The molecule has 0 fully saturated rings. The highest BCUT2D eigenvalue weighted by Gasteiger charge is 2.39. The van der Waals surface area contributed by atoms with Crippen molar-refractivity contribution in [1.82, 2.24) is 5.32 Å². The molecule has 0 atom stereocenters. The van der Waals surface area contributed by atoms with E-state index in [1.54, 1.807) is 18.2 Å². The fourth-order valence-corrected chi connectivity index (χ4v) is 6.15. The van der Waals surface area contributed by atoms with Gasteiger partial charge in [-0.1, -0.05) is 0 Å². The number of ether oxygens (including phenoxy) is 3. The number of carbonyl (C=O) groups is 2. The molecule has 10 nitrogen and oxygen atoms in total. The molecular formula is C26H43NO9Si. The van der Waals surface area contributed by atoms with Gasteiger partial charge in [0.15, 0.2) is 0 Å². The summed E-state index contributed by atoms with van der Waals surface area (Å²) in [4.78, 5) is 22.6. The summed E-state index contributed by atoms with van der Waals surface area (Å²) in [5.74, 6) is 0.188. The fraction of sp³-hybridized carbons (Fsp3) is 0.615. The monoisotopic (exact) mass is 541 g/mol. The SMILES string of the molecule is CCO[Si](CCCNC(=O)OCCCCCCOc1ccc(C=CC(=O)O)c(OC)c1)(OCC)OCC. The van der Waals surface area contributed by atoms with Gasteiger partial charge in [-0.15, -0.1) is 0 Å². The molecule has 1 rings (SSSR count). The molecule has 0 heterocycles. The second-order valence-electron chi connectivity index (χ2n) is 7.99. The first-order chi connectivity index (χ1) is 17.9. The maximum Gasteiger partial charge on any atom is 0.500 e. The van der Waals surface area contributed by atoms with E-state index in [1.807, 2.05) is 20.8 Å². The summed E-state index contributed by atoms with van der Waals surface area (Å²) < 4.78 is 33.7. The number of carbonyl (C=O) groups excluding carboxylic acids is 1. The van der Waals surface area contributed by atoms with Gasteiger partial charge in [-0.05, 0) is 71.1 Å². The van der Waals surface area contributed by atoms with Crippen LogP contribution < -0.4 is 14.8 Å². The zero-order valence-electron chi connectivity index (χ0n) is 22.6. The molecular weight excluding hydrogens is 498 g/mol. The molecule has 0 radical (unpaired) electrons. The Labute approximate surface area is 221 Å². The minimum Gasteiger partial charge on any atom is -0.496 e. The topological polar surface area (TPSA) is 122 Å². The van der Waals surface area contributed by atoms with E-state index in [4.69, 9.17) is 32.6 Å². The number of carboxylic acid groups (broad SMARTS) is 1. The number of aliphatic carboxylic acids is 1. The smallest absolute Gasteiger partial charge is 0.496 e. The molecule has 1 amide bonds. The number of unbranched alkanes of at least 4 members (excludes halogenated alkanes) is 3. The van der Waals surface area contributed by atoms with Crippen LogP contribution in [0.1, 0.15) is 58.4 Å². The van der Waals surface area contributed by atoms with Gasteiger partial charge in [0.2, 0.25) is 0 Å². The van der Waals surface area contributed by atoms with Crippen LogP contribution in [0.25, 0.3) is 6.08 Å². The molecule has 1 aromatic carbocycles. The summed E-state index contributed by atoms with van der Waals surface area (Å²) >= 11 is 0. The summed E-state index contributed by atoms with van der Waals surface area (Å²) in [5, 5.41) is 11.5. The van der Waals surface area contributed by atoms with Crippen LogP contribution in [-0.4, -0.2) is 72.7 Å². The Morgan fingerprint density at radius 1 is 0.946 bits per heavy atom. The van der Waals surface area contributed by atoms with Gasteiger partial charge in [0.1, 0.15) is 11.5 Å². The maximum atomic E-state index is 11.9. The molecule has 1 aromatic rings. The quantitative estimate of drug-likeness (QED) is 0.127. The number of benzene rings is 1. The van der Waals surface area contributed by atoms with Gasteiger partial charge >= 0.3 is 20.9 Å². The van der Waals surface area contributed by atoms with Crippen LogP contribution in [0.3, 0.4) is 0 Å². The van der Waals surface area contributed by atoms with E-state index in [1.165, 1.54) is 13.2 Å². The maximum absolute atomic E-state index is 11.9. The van der Waals surface area contributed by atoms with Gasteiger partial charge in [0, 0.05) is 50.1 Å². The van der Waals surface area contributed by atoms with Crippen molar-refractivity contribution in [1.29, 1.82) is 0 Å². The predicted molar refractivity (Wildman–Crippen MR) is 143 cm³/mol. The molecule has 210 valence electrons. The third kappa shape index (κ3) is 14.1. The van der Waals surface area contributed by atoms with Crippen LogP contribution in [0, 0.1) is 0 Å². The largest absolute Gasteiger partial charge is 0.500 e. The first kappa shape index (κ1) is 32.4. The molecule has 0 aliphatic heterocycles. The predicted octanol–water partition coefficient (Wildman–Crippen LogP) is 4.90. The molecule has 11 heteroatoms. The molecule has 0 aliphatic rings. The van der Waals surface area contributed by atoms with Gasteiger partial charge in [-0.2, -0.15) is 0 Å². The van der Waals surface area contributed by atoms with Crippen molar-refractivity contribution in [3.8, 4) is 11.5 Å².